The van der Waals surface area contributed by atoms with Crippen LogP contribution in [0, 0.1) is 0 Å². The molecule has 0 atom stereocenters. The van der Waals surface area contributed by atoms with Crippen molar-refractivity contribution in [3.05, 3.63) is 89.3 Å². The number of amides is 1. The molecule has 0 aliphatic carbocycles. The van der Waals surface area contributed by atoms with Gasteiger partial charge in [-0.25, -0.2) is 0 Å². The number of nitrogens with one attached hydrogen (secondary N) is 2. The topological polar surface area (TPSA) is 89.1 Å². The maximum absolute atomic E-state index is 12.7. The lowest BCUT2D eigenvalue weighted by Gasteiger charge is -2.13. The standard InChI is InChI=1S/C23H19ClN4O3/c1-30-21-6-5-18(12-22(21)31-14-15-7-9-25-10-8-15)26-23(29)20-13-19(27-28-20)16-3-2-4-17(24)11-16/h2-13H,14H2,1H3,(H,26,29)(H,27,28). The van der Waals surface area contributed by atoms with Gasteiger partial charge in [0.25, 0.3) is 5.91 Å². The first-order valence-corrected chi connectivity index (χ1v) is 9.82. The summed E-state index contributed by atoms with van der Waals surface area (Å²) in [6, 6.07) is 17.9. The second-order valence-corrected chi connectivity index (χ2v) is 7.08. The van der Waals surface area contributed by atoms with Gasteiger partial charge < -0.3 is 14.8 Å². The minimum atomic E-state index is -0.328. The Morgan fingerprint density at radius 2 is 1.90 bits per heavy atom. The fourth-order valence-corrected chi connectivity index (χ4v) is 3.13. The molecule has 2 heterocycles. The highest BCUT2D eigenvalue weighted by atomic mass is 35.5. The lowest BCUT2D eigenvalue weighted by Crippen LogP contribution is -2.12. The minimum absolute atomic E-state index is 0.324. The van der Waals surface area contributed by atoms with Gasteiger partial charge in [0, 0.05) is 34.7 Å². The van der Waals surface area contributed by atoms with Crippen molar-refractivity contribution in [2.75, 3.05) is 12.4 Å². The van der Waals surface area contributed by atoms with Crippen molar-refractivity contribution in [3.8, 4) is 22.8 Å². The van der Waals surface area contributed by atoms with Crippen LogP contribution in [0.3, 0.4) is 0 Å². The highest BCUT2D eigenvalue weighted by molar-refractivity contribution is 6.30. The van der Waals surface area contributed by atoms with E-state index < -0.39 is 0 Å². The number of nitrogens with zero attached hydrogens (tertiary/aromatic N) is 2. The zero-order valence-corrected chi connectivity index (χ0v) is 17.4. The van der Waals surface area contributed by atoms with E-state index in [-0.39, 0.29) is 5.91 Å². The summed E-state index contributed by atoms with van der Waals surface area (Å²) in [7, 11) is 1.56. The van der Waals surface area contributed by atoms with Gasteiger partial charge in [0.15, 0.2) is 11.5 Å². The van der Waals surface area contributed by atoms with Crippen molar-refractivity contribution >= 4 is 23.2 Å². The maximum Gasteiger partial charge on any atom is 0.273 e. The molecule has 0 aliphatic rings. The van der Waals surface area contributed by atoms with Gasteiger partial charge in [-0.15, -0.1) is 0 Å². The number of carbonyl (C=O) groups excluding carboxylic acids is 1. The molecule has 0 aliphatic heterocycles. The van der Waals surface area contributed by atoms with E-state index in [9.17, 15) is 4.79 Å². The van der Waals surface area contributed by atoms with Gasteiger partial charge >= 0.3 is 0 Å². The molecule has 156 valence electrons. The molecule has 0 fully saturated rings. The number of halogens is 1. The first kappa shape index (κ1) is 20.4. The third kappa shape index (κ3) is 5.02. The van der Waals surface area contributed by atoms with Crippen LogP contribution < -0.4 is 14.8 Å². The number of hydrogen-bond acceptors (Lipinski definition) is 5. The van der Waals surface area contributed by atoms with Gasteiger partial charge in [-0.3, -0.25) is 14.9 Å². The van der Waals surface area contributed by atoms with Crippen LogP contribution >= 0.6 is 11.6 Å². The molecular weight excluding hydrogens is 416 g/mol. The van der Waals surface area contributed by atoms with Gasteiger partial charge in [-0.2, -0.15) is 5.10 Å². The predicted molar refractivity (Wildman–Crippen MR) is 119 cm³/mol. The van der Waals surface area contributed by atoms with E-state index in [1.807, 2.05) is 24.3 Å². The average Bonchev–Trinajstić information content (AvgIpc) is 3.29. The first-order valence-electron chi connectivity index (χ1n) is 9.45. The molecule has 0 radical (unpaired) electrons. The fourth-order valence-electron chi connectivity index (χ4n) is 2.94. The molecule has 4 aromatic rings. The smallest absolute Gasteiger partial charge is 0.273 e. The quantitative estimate of drug-likeness (QED) is 0.429. The molecule has 0 spiro atoms. The molecule has 2 aromatic heterocycles. The summed E-state index contributed by atoms with van der Waals surface area (Å²) in [5.74, 6) is 0.754. The Kier molecular flexibility index (Phi) is 6.14. The fraction of sp³-hybridized carbons (Fsp3) is 0.0870. The number of aromatic amines is 1. The number of carbonyl (C=O) groups is 1. The number of ether oxygens (including phenoxy) is 2. The Hall–Kier alpha value is -3.84. The summed E-state index contributed by atoms with van der Waals surface area (Å²) in [5, 5.41) is 10.4. The highest BCUT2D eigenvalue weighted by Crippen LogP contribution is 2.31. The molecule has 0 unspecified atom stereocenters. The van der Waals surface area contributed by atoms with Crippen molar-refractivity contribution in [2.45, 2.75) is 6.61 Å². The normalized spacial score (nSPS) is 10.5. The van der Waals surface area contributed by atoms with Crippen molar-refractivity contribution in [3.63, 3.8) is 0 Å². The van der Waals surface area contributed by atoms with E-state index in [2.05, 4.69) is 20.5 Å². The molecule has 0 bridgehead atoms. The van der Waals surface area contributed by atoms with Gasteiger partial charge in [0.1, 0.15) is 12.3 Å². The summed E-state index contributed by atoms with van der Waals surface area (Å²) < 4.78 is 11.2. The number of anilines is 1. The van der Waals surface area contributed by atoms with Crippen molar-refractivity contribution in [1.29, 1.82) is 0 Å². The van der Waals surface area contributed by atoms with Crippen molar-refractivity contribution < 1.29 is 14.3 Å². The van der Waals surface area contributed by atoms with Gasteiger partial charge in [-0.05, 0) is 48.0 Å². The van der Waals surface area contributed by atoms with Gasteiger partial charge in [-0.1, -0.05) is 23.7 Å². The van der Waals surface area contributed by atoms with Crippen LogP contribution in [0.1, 0.15) is 16.1 Å². The zero-order valence-electron chi connectivity index (χ0n) is 16.6. The zero-order chi connectivity index (χ0) is 21.6. The van der Waals surface area contributed by atoms with Crippen LogP contribution in [0.15, 0.2) is 73.1 Å². The number of pyridine rings is 1. The molecule has 2 N–H and O–H groups in total. The van der Waals surface area contributed by atoms with E-state index >= 15 is 0 Å². The van der Waals surface area contributed by atoms with Crippen LogP contribution in [0.25, 0.3) is 11.3 Å². The van der Waals surface area contributed by atoms with Crippen LogP contribution in [-0.2, 0) is 6.61 Å². The summed E-state index contributed by atoms with van der Waals surface area (Å²) >= 11 is 6.03. The third-order valence-electron chi connectivity index (χ3n) is 4.51. The summed E-state index contributed by atoms with van der Waals surface area (Å²) in [6.07, 6.45) is 3.41. The van der Waals surface area contributed by atoms with Crippen LogP contribution in [0.4, 0.5) is 5.69 Å². The monoisotopic (exact) mass is 434 g/mol. The number of H-pyrrole nitrogens is 1. The Labute approximate surface area is 184 Å². The van der Waals surface area contributed by atoms with Crippen LogP contribution in [0.5, 0.6) is 11.5 Å². The number of methoxy groups -OCH3 is 1. The Morgan fingerprint density at radius 1 is 1.06 bits per heavy atom. The predicted octanol–water partition coefficient (Wildman–Crippen LogP) is 4.97. The van der Waals surface area contributed by atoms with E-state index in [4.69, 9.17) is 21.1 Å². The molecule has 31 heavy (non-hydrogen) atoms. The summed E-state index contributed by atoms with van der Waals surface area (Å²) in [4.78, 5) is 16.7. The van der Waals surface area contributed by atoms with E-state index in [0.717, 1.165) is 11.1 Å². The summed E-state index contributed by atoms with van der Waals surface area (Å²) in [6.45, 7) is 0.347. The first-order chi connectivity index (χ1) is 15.1. The minimum Gasteiger partial charge on any atom is -0.493 e. The third-order valence-corrected chi connectivity index (χ3v) is 4.74. The second kappa shape index (κ2) is 9.32. The SMILES string of the molecule is COc1ccc(NC(=O)c2cc(-c3cccc(Cl)c3)n[nH]2)cc1OCc1ccncc1. The molecule has 4 rings (SSSR count). The lowest BCUT2D eigenvalue weighted by molar-refractivity contribution is 0.102. The van der Waals surface area contributed by atoms with Crippen LogP contribution in [-0.4, -0.2) is 28.2 Å². The number of aromatic nitrogens is 3. The average molecular weight is 435 g/mol. The maximum atomic E-state index is 12.7. The molecule has 1 amide bonds. The van der Waals surface area contributed by atoms with E-state index in [1.165, 1.54) is 0 Å². The number of hydrogen-bond donors (Lipinski definition) is 2. The Bertz CT molecular complexity index is 1190. The molecule has 2 aromatic carbocycles. The Balaban J connectivity index is 1.48. The van der Waals surface area contributed by atoms with Gasteiger partial charge in [0.05, 0.1) is 12.8 Å². The van der Waals surface area contributed by atoms with Gasteiger partial charge in [0.2, 0.25) is 0 Å². The Morgan fingerprint density at radius 3 is 2.68 bits per heavy atom. The molecule has 0 saturated carbocycles. The van der Waals surface area contributed by atoms with E-state index in [1.54, 1.807) is 55.9 Å². The van der Waals surface area contributed by atoms with E-state index in [0.29, 0.717) is 40.2 Å². The second-order valence-electron chi connectivity index (χ2n) is 6.64. The lowest BCUT2D eigenvalue weighted by atomic mass is 10.1. The molecule has 7 nitrogen and oxygen atoms in total. The van der Waals surface area contributed by atoms with Crippen molar-refractivity contribution in [2.24, 2.45) is 0 Å². The molecule has 0 saturated heterocycles. The number of rotatable bonds is 7. The largest absolute Gasteiger partial charge is 0.493 e. The molecular formula is C23H19ClN4O3. The highest BCUT2D eigenvalue weighted by Gasteiger charge is 2.13. The van der Waals surface area contributed by atoms with Crippen molar-refractivity contribution in [1.82, 2.24) is 15.2 Å². The number of benzene rings is 2. The van der Waals surface area contributed by atoms with Crippen LogP contribution in [0.2, 0.25) is 5.02 Å². The molecule has 8 heteroatoms. The summed E-state index contributed by atoms with van der Waals surface area (Å²) in [5.41, 5.74) is 3.31.